The number of carbonyl (C=O) groups excluding carboxylic acids is 1. The number of ether oxygens (including phenoxy) is 1. The van der Waals surface area contributed by atoms with Gasteiger partial charge >= 0.3 is 6.09 Å². The quantitative estimate of drug-likeness (QED) is 0.703. The van der Waals surface area contributed by atoms with Crippen LogP contribution in [0.3, 0.4) is 0 Å². The Morgan fingerprint density at radius 1 is 1.15 bits per heavy atom. The number of carbonyl (C=O) groups is 1. The summed E-state index contributed by atoms with van der Waals surface area (Å²) in [5.41, 5.74) is 5.99. The van der Waals surface area contributed by atoms with Crippen molar-refractivity contribution in [2.24, 2.45) is 17.1 Å². The molecule has 2 aliphatic rings. The fourth-order valence-electron chi connectivity index (χ4n) is 4.68. The molecule has 2 aromatic rings. The molecule has 168 valence electrons. The standard InChI is InChI=1S/C26H20FN5O2/c27-19-8-4-7-18(11-19)23-20(12-28)24(31)26(15-29,16-30)22-9-10-32(13-21(22)23)25(33)34-14-17-5-2-1-3-6-17/h1-9,11,21,23H,10,13-14,31H2/t21-,23-/m1/s1. The first kappa shape index (κ1) is 22.6. The first-order chi connectivity index (χ1) is 16.4. The summed E-state index contributed by atoms with van der Waals surface area (Å²) in [7, 11) is 0. The molecule has 2 aromatic carbocycles. The summed E-state index contributed by atoms with van der Waals surface area (Å²) in [4.78, 5) is 14.3. The van der Waals surface area contributed by atoms with Crippen molar-refractivity contribution in [2.75, 3.05) is 13.1 Å². The van der Waals surface area contributed by atoms with E-state index in [0.29, 0.717) is 11.1 Å². The second kappa shape index (κ2) is 9.10. The molecule has 0 unspecified atom stereocenters. The minimum absolute atomic E-state index is 0.0235. The highest BCUT2D eigenvalue weighted by Crippen LogP contribution is 2.52. The highest BCUT2D eigenvalue weighted by molar-refractivity contribution is 5.69. The molecule has 2 N–H and O–H groups in total. The number of benzene rings is 2. The predicted molar refractivity (Wildman–Crippen MR) is 119 cm³/mol. The van der Waals surface area contributed by atoms with Gasteiger partial charge in [-0.3, -0.25) is 0 Å². The Kier molecular flexibility index (Phi) is 6.04. The third-order valence-corrected chi connectivity index (χ3v) is 6.32. The molecule has 0 radical (unpaired) electrons. The van der Waals surface area contributed by atoms with Gasteiger partial charge in [0.1, 0.15) is 12.4 Å². The predicted octanol–water partition coefficient (Wildman–Crippen LogP) is 3.89. The van der Waals surface area contributed by atoms with E-state index in [2.05, 4.69) is 0 Å². The average Bonchev–Trinajstić information content (AvgIpc) is 2.87. The van der Waals surface area contributed by atoms with E-state index in [0.717, 1.165) is 5.56 Å². The van der Waals surface area contributed by atoms with Gasteiger partial charge in [0, 0.05) is 24.9 Å². The Balaban J connectivity index is 1.73. The second-order valence-electron chi connectivity index (χ2n) is 8.16. The van der Waals surface area contributed by atoms with Crippen molar-refractivity contribution in [1.82, 2.24) is 4.90 Å². The van der Waals surface area contributed by atoms with Crippen LogP contribution in [0.2, 0.25) is 0 Å². The Morgan fingerprint density at radius 3 is 2.53 bits per heavy atom. The van der Waals surface area contributed by atoms with Crippen LogP contribution in [0.25, 0.3) is 0 Å². The van der Waals surface area contributed by atoms with Crippen LogP contribution >= 0.6 is 0 Å². The lowest BCUT2D eigenvalue weighted by Crippen LogP contribution is -2.48. The van der Waals surface area contributed by atoms with E-state index in [4.69, 9.17) is 10.5 Å². The van der Waals surface area contributed by atoms with Gasteiger partial charge in [0.05, 0.1) is 29.5 Å². The third-order valence-electron chi connectivity index (χ3n) is 6.32. The first-order valence-corrected chi connectivity index (χ1v) is 10.6. The number of hydrogen-bond acceptors (Lipinski definition) is 6. The van der Waals surface area contributed by atoms with Gasteiger partial charge in [-0.2, -0.15) is 15.8 Å². The van der Waals surface area contributed by atoms with E-state index in [1.165, 1.54) is 23.1 Å². The lowest BCUT2D eigenvalue weighted by molar-refractivity contribution is 0.0913. The SMILES string of the molecule is N#CC1=C(N)C(C#N)(C#N)C2=CCN(C(=O)OCc3ccccc3)C[C@H]2[C@@H]1c1cccc(F)c1. The molecule has 0 fully saturated rings. The molecule has 7 nitrogen and oxygen atoms in total. The van der Waals surface area contributed by atoms with Gasteiger partial charge in [-0.05, 0) is 28.8 Å². The van der Waals surface area contributed by atoms with Crippen LogP contribution in [0.1, 0.15) is 17.0 Å². The number of halogens is 1. The number of nitrogens with zero attached hydrogens (tertiary/aromatic N) is 4. The molecular formula is C26H20FN5O2. The number of allylic oxidation sites excluding steroid dienone is 2. The van der Waals surface area contributed by atoms with Crippen LogP contribution in [0, 0.1) is 51.1 Å². The average molecular weight is 453 g/mol. The normalized spacial score (nSPS) is 20.8. The largest absolute Gasteiger partial charge is 0.445 e. The van der Waals surface area contributed by atoms with Crippen molar-refractivity contribution in [3.8, 4) is 18.2 Å². The van der Waals surface area contributed by atoms with Gasteiger partial charge in [0.2, 0.25) is 5.41 Å². The molecule has 1 aliphatic carbocycles. The summed E-state index contributed by atoms with van der Waals surface area (Å²) in [6.07, 6.45) is 1.05. The minimum Gasteiger partial charge on any atom is -0.445 e. The molecule has 0 aromatic heterocycles. The second-order valence-corrected chi connectivity index (χ2v) is 8.16. The zero-order valence-electron chi connectivity index (χ0n) is 18.1. The molecule has 0 saturated heterocycles. The fourth-order valence-corrected chi connectivity index (χ4v) is 4.68. The maximum atomic E-state index is 14.1. The van der Waals surface area contributed by atoms with Crippen molar-refractivity contribution in [3.05, 3.63) is 94.5 Å². The van der Waals surface area contributed by atoms with Crippen molar-refractivity contribution < 1.29 is 13.9 Å². The van der Waals surface area contributed by atoms with Crippen molar-refractivity contribution in [2.45, 2.75) is 12.5 Å². The summed E-state index contributed by atoms with van der Waals surface area (Å²) < 4.78 is 19.5. The van der Waals surface area contributed by atoms with E-state index in [1.807, 2.05) is 48.5 Å². The topological polar surface area (TPSA) is 127 Å². The minimum atomic E-state index is -1.83. The van der Waals surface area contributed by atoms with Crippen molar-refractivity contribution in [3.63, 3.8) is 0 Å². The molecule has 1 amide bonds. The van der Waals surface area contributed by atoms with E-state index >= 15 is 0 Å². The Morgan fingerprint density at radius 2 is 1.88 bits per heavy atom. The summed E-state index contributed by atoms with van der Waals surface area (Å²) in [6, 6.07) is 21.0. The Hall–Kier alpha value is -4.61. The van der Waals surface area contributed by atoms with Crippen LogP contribution in [0.5, 0.6) is 0 Å². The highest BCUT2D eigenvalue weighted by Gasteiger charge is 2.53. The highest BCUT2D eigenvalue weighted by atomic mass is 19.1. The van der Waals surface area contributed by atoms with Crippen LogP contribution in [-0.2, 0) is 11.3 Å². The van der Waals surface area contributed by atoms with Crippen molar-refractivity contribution >= 4 is 6.09 Å². The van der Waals surface area contributed by atoms with E-state index in [-0.39, 0.29) is 31.0 Å². The van der Waals surface area contributed by atoms with Crippen LogP contribution in [0.15, 0.2) is 77.5 Å². The molecule has 0 saturated carbocycles. The number of fused-ring (bicyclic) bond motifs is 1. The van der Waals surface area contributed by atoms with Gasteiger partial charge in [-0.1, -0.05) is 48.5 Å². The number of nitriles is 3. The monoisotopic (exact) mass is 453 g/mol. The summed E-state index contributed by atoms with van der Waals surface area (Å²) in [5, 5.41) is 29.8. The summed E-state index contributed by atoms with van der Waals surface area (Å²) in [5.74, 6) is -1.86. The number of amides is 1. The lowest BCUT2D eigenvalue weighted by atomic mass is 9.60. The molecule has 34 heavy (non-hydrogen) atoms. The third kappa shape index (κ3) is 3.74. The maximum Gasteiger partial charge on any atom is 0.410 e. The summed E-state index contributed by atoms with van der Waals surface area (Å²) in [6.45, 7) is 0.265. The van der Waals surface area contributed by atoms with Crippen LogP contribution in [0.4, 0.5) is 9.18 Å². The molecule has 1 heterocycles. The maximum absolute atomic E-state index is 14.1. The van der Waals surface area contributed by atoms with Gasteiger partial charge in [-0.15, -0.1) is 0 Å². The van der Waals surface area contributed by atoms with E-state index in [9.17, 15) is 25.0 Å². The van der Waals surface area contributed by atoms with Gasteiger partial charge in [0.15, 0.2) is 0 Å². The van der Waals surface area contributed by atoms with Crippen molar-refractivity contribution in [1.29, 1.82) is 15.8 Å². The zero-order chi connectivity index (χ0) is 24.3. The number of hydrogen-bond donors (Lipinski definition) is 1. The fraction of sp³-hybridized carbons (Fsp3) is 0.231. The van der Waals surface area contributed by atoms with Gasteiger partial charge < -0.3 is 15.4 Å². The lowest BCUT2D eigenvalue weighted by Gasteiger charge is -2.44. The first-order valence-electron chi connectivity index (χ1n) is 10.6. The Labute approximate surface area is 196 Å². The molecule has 2 atom stereocenters. The molecule has 4 rings (SSSR count). The smallest absolute Gasteiger partial charge is 0.410 e. The number of rotatable bonds is 3. The molecule has 0 spiro atoms. The molecule has 0 bridgehead atoms. The van der Waals surface area contributed by atoms with E-state index in [1.54, 1.807) is 12.1 Å². The van der Waals surface area contributed by atoms with Crippen LogP contribution in [-0.4, -0.2) is 24.1 Å². The van der Waals surface area contributed by atoms with E-state index < -0.39 is 29.2 Å². The molecule has 8 heteroatoms. The molecular weight excluding hydrogens is 433 g/mol. The van der Waals surface area contributed by atoms with Gasteiger partial charge in [0.25, 0.3) is 0 Å². The Bertz CT molecular complexity index is 1300. The zero-order valence-corrected chi connectivity index (χ0v) is 18.1. The van der Waals surface area contributed by atoms with Crippen LogP contribution < -0.4 is 5.73 Å². The van der Waals surface area contributed by atoms with Gasteiger partial charge in [-0.25, -0.2) is 9.18 Å². The summed E-state index contributed by atoms with van der Waals surface area (Å²) >= 11 is 0. The molecule has 1 aliphatic heterocycles. The number of nitrogens with two attached hydrogens (primary N) is 1.